The van der Waals surface area contributed by atoms with E-state index in [0.29, 0.717) is 6.04 Å². The summed E-state index contributed by atoms with van der Waals surface area (Å²) in [5.41, 5.74) is 3.60. The van der Waals surface area contributed by atoms with Gasteiger partial charge in [-0.05, 0) is 49.1 Å². The van der Waals surface area contributed by atoms with E-state index in [2.05, 4.69) is 16.5 Å². The van der Waals surface area contributed by atoms with Gasteiger partial charge >= 0.3 is 0 Å². The largest absolute Gasteiger partial charge is 0.292 e. The van der Waals surface area contributed by atoms with Gasteiger partial charge in [0.2, 0.25) is 0 Å². The van der Waals surface area contributed by atoms with E-state index < -0.39 is 0 Å². The maximum absolute atomic E-state index is 13.0. The Morgan fingerprint density at radius 1 is 1.32 bits per heavy atom. The van der Waals surface area contributed by atoms with E-state index in [1.807, 2.05) is 49.4 Å². The first-order valence-corrected chi connectivity index (χ1v) is 8.76. The number of carbonyl (C=O) groups excluding carboxylic acids is 1. The summed E-state index contributed by atoms with van der Waals surface area (Å²) in [6.45, 7) is 7.27. The molecule has 0 spiro atoms. The van der Waals surface area contributed by atoms with Gasteiger partial charge in [-0.15, -0.1) is 0 Å². The van der Waals surface area contributed by atoms with E-state index in [1.165, 1.54) is 12.8 Å². The Morgan fingerprint density at radius 3 is 2.76 bits per heavy atom. The molecule has 1 aliphatic carbocycles. The predicted octanol–water partition coefficient (Wildman–Crippen LogP) is 4.13. The zero-order valence-electron chi connectivity index (χ0n) is 14.7. The number of hydrogen-bond donors (Lipinski definition) is 0. The lowest BCUT2D eigenvalue weighted by Crippen LogP contribution is -2.39. The molecule has 2 fully saturated rings. The normalized spacial score (nSPS) is 22.9. The third-order valence-corrected chi connectivity index (χ3v) is 4.48. The number of Topliss-reactive ketones (excluding diaryl/α,β-unsaturated/α-hetero) is 1. The second kappa shape index (κ2) is 8.04. The van der Waals surface area contributed by atoms with Gasteiger partial charge in [0, 0.05) is 42.7 Å². The average molecular weight is 332 g/mol. The van der Waals surface area contributed by atoms with Crippen LogP contribution in [-0.4, -0.2) is 34.8 Å². The number of piperidine rings is 1. The molecule has 0 aromatic carbocycles. The Morgan fingerprint density at radius 2 is 2.12 bits per heavy atom. The topological polar surface area (TPSA) is 33.2 Å². The molecule has 3 rings (SSSR count). The number of rotatable bonds is 5. The fraction of sp³-hybridized carbons (Fsp3) is 0.273. The highest BCUT2D eigenvalue weighted by Gasteiger charge is 2.35. The minimum Gasteiger partial charge on any atom is -0.292 e. The van der Waals surface area contributed by atoms with Crippen LogP contribution in [0.1, 0.15) is 25.3 Å². The highest BCUT2D eigenvalue weighted by Crippen LogP contribution is 2.32. The van der Waals surface area contributed by atoms with Gasteiger partial charge in [-0.2, -0.15) is 0 Å². The van der Waals surface area contributed by atoms with Crippen LogP contribution in [0.15, 0.2) is 78.2 Å². The molecule has 2 heterocycles. The summed E-state index contributed by atoms with van der Waals surface area (Å²) in [5.74, 6) is 0.133. The number of likely N-dealkylation sites (tertiary alicyclic amines) is 1. The van der Waals surface area contributed by atoms with E-state index >= 15 is 0 Å². The maximum atomic E-state index is 13.0. The summed E-state index contributed by atoms with van der Waals surface area (Å²) in [6, 6.07) is 4.49. The van der Waals surface area contributed by atoms with E-state index in [9.17, 15) is 4.79 Å². The molecule has 0 N–H and O–H groups in total. The molecule has 1 aliphatic heterocycles. The second-order valence-corrected chi connectivity index (χ2v) is 6.49. The lowest BCUT2D eigenvalue weighted by Gasteiger charge is -2.29. The van der Waals surface area contributed by atoms with Crippen molar-refractivity contribution in [1.82, 2.24) is 9.88 Å². The molecule has 0 radical (unpaired) electrons. The standard InChI is InChI=1S/C22H24N2O/c1-3-5-7-17(4-2)12-19-15-24(21-9-10-21)16-20(22(19)25)13-18-8-6-11-23-14-18/h3-8,11-14,21H,2,9-10,15-16H2,1H3/b5-3-,17-7+,19-12+,20-13+. The summed E-state index contributed by atoms with van der Waals surface area (Å²) < 4.78 is 0. The van der Waals surface area contributed by atoms with Crippen LogP contribution in [0.4, 0.5) is 0 Å². The quantitative estimate of drug-likeness (QED) is 0.600. The molecule has 128 valence electrons. The summed E-state index contributed by atoms with van der Waals surface area (Å²) >= 11 is 0. The lowest BCUT2D eigenvalue weighted by atomic mass is 9.94. The first kappa shape index (κ1) is 17.3. The van der Waals surface area contributed by atoms with Gasteiger partial charge < -0.3 is 0 Å². The minimum absolute atomic E-state index is 0.133. The van der Waals surface area contributed by atoms with Crippen LogP contribution in [0, 0.1) is 0 Å². The van der Waals surface area contributed by atoms with Crippen LogP contribution in [0.2, 0.25) is 0 Å². The van der Waals surface area contributed by atoms with Crippen molar-refractivity contribution >= 4 is 11.9 Å². The number of allylic oxidation sites excluding steroid dienone is 6. The van der Waals surface area contributed by atoms with Gasteiger partial charge in [0.05, 0.1) is 0 Å². The molecule has 1 aromatic rings. The molecule has 1 saturated heterocycles. The average Bonchev–Trinajstić information content (AvgIpc) is 3.47. The van der Waals surface area contributed by atoms with Crippen molar-refractivity contribution in [3.8, 4) is 0 Å². The van der Waals surface area contributed by atoms with Gasteiger partial charge in [-0.1, -0.05) is 36.9 Å². The monoisotopic (exact) mass is 332 g/mol. The molecular weight excluding hydrogens is 308 g/mol. The fourth-order valence-corrected chi connectivity index (χ4v) is 3.01. The second-order valence-electron chi connectivity index (χ2n) is 6.49. The molecule has 25 heavy (non-hydrogen) atoms. The smallest absolute Gasteiger partial charge is 0.187 e. The first-order chi connectivity index (χ1) is 12.2. The van der Waals surface area contributed by atoms with Gasteiger partial charge in [0.25, 0.3) is 0 Å². The number of carbonyl (C=O) groups is 1. The van der Waals surface area contributed by atoms with Crippen LogP contribution in [-0.2, 0) is 4.79 Å². The summed E-state index contributed by atoms with van der Waals surface area (Å²) in [4.78, 5) is 19.5. The molecule has 1 saturated carbocycles. The van der Waals surface area contributed by atoms with Crippen LogP contribution >= 0.6 is 0 Å². The number of pyridine rings is 1. The molecule has 0 amide bonds. The van der Waals surface area contributed by atoms with Gasteiger partial charge in [-0.3, -0.25) is 14.7 Å². The number of nitrogens with zero attached hydrogens (tertiary/aromatic N) is 2. The summed E-state index contributed by atoms with van der Waals surface area (Å²) in [7, 11) is 0. The molecule has 0 unspecified atom stereocenters. The highest BCUT2D eigenvalue weighted by atomic mass is 16.1. The van der Waals surface area contributed by atoms with E-state index in [4.69, 9.17) is 0 Å². The van der Waals surface area contributed by atoms with Crippen LogP contribution < -0.4 is 0 Å². The summed E-state index contributed by atoms with van der Waals surface area (Å²) in [6.07, 6.45) is 17.6. The zero-order chi connectivity index (χ0) is 17.6. The Hall–Kier alpha value is -2.52. The van der Waals surface area contributed by atoms with Crippen molar-refractivity contribution < 1.29 is 4.79 Å². The van der Waals surface area contributed by atoms with Crippen molar-refractivity contribution in [3.63, 3.8) is 0 Å². The van der Waals surface area contributed by atoms with E-state index in [0.717, 1.165) is 35.4 Å². The van der Waals surface area contributed by atoms with Crippen LogP contribution in [0.25, 0.3) is 6.08 Å². The first-order valence-electron chi connectivity index (χ1n) is 8.76. The van der Waals surface area contributed by atoms with Crippen molar-refractivity contribution in [2.75, 3.05) is 13.1 Å². The third-order valence-electron chi connectivity index (χ3n) is 4.48. The van der Waals surface area contributed by atoms with E-state index in [-0.39, 0.29) is 5.78 Å². The van der Waals surface area contributed by atoms with E-state index in [1.54, 1.807) is 18.5 Å². The van der Waals surface area contributed by atoms with Crippen molar-refractivity contribution in [3.05, 3.63) is 83.8 Å². The van der Waals surface area contributed by atoms with Crippen molar-refractivity contribution in [1.29, 1.82) is 0 Å². The van der Waals surface area contributed by atoms with Crippen LogP contribution in [0.5, 0.6) is 0 Å². The number of hydrogen-bond acceptors (Lipinski definition) is 3. The van der Waals surface area contributed by atoms with Gasteiger partial charge in [0.15, 0.2) is 5.78 Å². The fourth-order valence-electron chi connectivity index (χ4n) is 3.01. The Labute approximate surface area is 149 Å². The minimum atomic E-state index is 0.133. The molecule has 0 atom stereocenters. The highest BCUT2D eigenvalue weighted by molar-refractivity contribution is 6.12. The predicted molar refractivity (Wildman–Crippen MR) is 103 cm³/mol. The summed E-state index contributed by atoms with van der Waals surface area (Å²) in [5, 5.41) is 0. The number of aromatic nitrogens is 1. The number of ketones is 1. The van der Waals surface area contributed by atoms with Crippen molar-refractivity contribution in [2.24, 2.45) is 0 Å². The Bertz CT molecular complexity index is 764. The molecule has 2 aliphatic rings. The van der Waals surface area contributed by atoms with Crippen molar-refractivity contribution in [2.45, 2.75) is 25.8 Å². The molecule has 0 bridgehead atoms. The lowest BCUT2D eigenvalue weighted by molar-refractivity contribution is -0.113. The third kappa shape index (κ3) is 4.52. The Balaban J connectivity index is 1.93. The molecular formula is C22H24N2O. The van der Waals surface area contributed by atoms with Gasteiger partial charge in [-0.25, -0.2) is 0 Å². The molecule has 3 heteroatoms. The molecule has 3 nitrogen and oxygen atoms in total. The molecule has 1 aromatic heterocycles. The van der Waals surface area contributed by atoms with Gasteiger partial charge in [0.1, 0.15) is 0 Å². The maximum Gasteiger partial charge on any atom is 0.187 e. The SMILES string of the molecule is C=CC(=C\C=C/C)/C=C1\CN(C2CC2)C/C(=C\c2cccnc2)C1=O. The van der Waals surface area contributed by atoms with Crippen LogP contribution in [0.3, 0.4) is 0 Å². The Kier molecular flexibility index (Phi) is 5.56. The zero-order valence-corrected chi connectivity index (χ0v) is 14.7.